The number of anilines is 1. The third-order valence-electron chi connectivity index (χ3n) is 2.50. The Labute approximate surface area is 102 Å². The molecule has 0 amide bonds. The van der Waals surface area contributed by atoms with Gasteiger partial charge in [0.25, 0.3) is 0 Å². The van der Waals surface area contributed by atoms with Crippen LogP contribution in [0, 0.1) is 0 Å². The summed E-state index contributed by atoms with van der Waals surface area (Å²) in [5, 5.41) is 2.65. The van der Waals surface area contributed by atoms with Crippen LogP contribution in [0.25, 0.3) is 0 Å². The van der Waals surface area contributed by atoms with Crippen molar-refractivity contribution in [2.75, 3.05) is 31.7 Å². The summed E-state index contributed by atoms with van der Waals surface area (Å²) in [6.07, 6.45) is -3.35. The van der Waals surface area contributed by atoms with E-state index in [0.29, 0.717) is 19.8 Å². The fourth-order valence-corrected chi connectivity index (χ4v) is 1.64. The average Bonchev–Trinajstić information content (AvgIpc) is 2.37. The van der Waals surface area contributed by atoms with Crippen molar-refractivity contribution in [1.82, 2.24) is 4.98 Å². The number of halogens is 3. The molecule has 2 rings (SSSR count). The van der Waals surface area contributed by atoms with Gasteiger partial charge in [-0.2, -0.15) is 13.2 Å². The van der Waals surface area contributed by atoms with Gasteiger partial charge in [0.05, 0.1) is 31.5 Å². The Morgan fingerprint density at radius 3 is 2.89 bits per heavy atom. The quantitative estimate of drug-likeness (QED) is 0.904. The Bertz CT molecular complexity index is 392. The topological polar surface area (TPSA) is 43.4 Å². The Balaban J connectivity index is 2.00. The van der Waals surface area contributed by atoms with E-state index in [0.717, 1.165) is 6.07 Å². The van der Waals surface area contributed by atoms with Crippen molar-refractivity contribution < 1.29 is 22.6 Å². The van der Waals surface area contributed by atoms with Crippen LogP contribution in [-0.4, -0.2) is 37.5 Å². The third kappa shape index (κ3) is 3.33. The molecule has 1 aliphatic rings. The number of nitrogens with zero attached hydrogens (tertiary/aromatic N) is 1. The number of rotatable bonds is 3. The van der Waals surface area contributed by atoms with Crippen molar-refractivity contribution in [2.45, 2.75) is 12.3 Å². The largest absolute Gasteiger partial charge is 0.419 e. The Morgan fingerprint density at radius 1 is 1.39 bits per heavy atom. The minimum Gasteiger partial charge on any atom is -0.376 e. The second-order valence-corrected chi connectivity index (χ2v) is 3.85. The van der Waals surface area contributed by atoms with E-state index in [1.54, 1.807) is 0 Å². The van der Waals surface area contributed by atoms with Gasteiger partial charge in [0.1, 0.15) is 5.82 Å². The van der Waals surface area contributed by atoms with Gasteiger partial charge in [-0.3, -0.25) is 0 Å². The lowest BCUT2D eigenvalue weighted by Gasteiger charge is -2.23. The molecule has 1 aromatic rings. The highest BCUT2D eigenvalue weighted by atomic mass is 19.4. The third-order valence-corrected chi connectivity index (χ3v) is 2.50. The molecule has 4 nitrogen and oxygen atoms in total. The predicted molar refractivity (Wildman–Crippen MR) is 58.3 cm³/mol. The van der Waals surface area contributed by atoms with E-state index in [2.05, 4.69) is 10.3 Å². The maximum absolute atomic E-state index is 12.7. The lowest BCUT2D eigenvalue weighted by molar-refractivity contribution is -0.137. The Morgan fingerprint density at radius 2 is 2.22 bits per heavy atom. The standard InChI is InChI=1S/C11H13F3N2O2/c12-11(13,14)9-2-1-3-15-10(9)16-6-8-7-17-4-5-18-8/h1-3,8H,4-7H2,(H,15,16). The molecule has 7 heteroatoms. The van der Waals surface area contributed by atoms with Gasteiger partial charge >= 0.3 is 6.18 Å². The molecule has 1 fully saturated rings. The fourth-order valence-electron chi connectivity index (χ4n) is 1.64. The highest BCUT2D eigenvalue weighted by Gasteiger charge is 2.34. The molecule has 1 unspecified atom stereocenters. The molecule has 1 saturated heterocycles. The predicted octanol–water partition coefficient (Wildman–Crippen LogP) is 1.93. The van der Waals surface area contributed by atoms with Crippen LogP contribution in [0.4, 0.5) is 19.0 Å². The van der Waals surface area contributed by atoms with Gasteiger partial charge < -0.3 is 14.8 Å². The van der Waals surface area contributed by atoms with Crippen LogP contribution in [0.15, 0.2) is 18.3 Å². The maximum atomic E-state index is 12.7. The molecule has 1 N–H and O–H groups in total. The molecule has 0 radical (unpaired) electrons. The van der Waals surface area contributed by atoms with Crippen molar-refractivity contribution in [1.29, 1.82) is 0 Å². The first-order valence-electron chi connectivity index (χ1n) is 5.53. The summed E-state index contributed by atoms with van der Waals surface area (Å²) in [4.78, 5) is 3.70. The van der Waals surface area contributed by atoms with Crippen molar-refractivity contribution in [3.63, 3.8) is 0 Å². The number of hydrogen-bond acceptors (Lipinski definition) is 4. The lowest BCUT2D eigenvalue weighted by Crippen LogP contribution is -2.34. The molecule has 1 aliphatic heterocycles. The van der Waals surface area contributed by atoms with Crippen molar-refractivity contribution in [2.24, 2.45) is 0 Å². The lowest BCUT2D eigenvalue weighted by atomic mass is 10.2. The van der Waals surface area contributed by atoms with Crippen LogP contribution >= 0.6 is 0 Å². The van der Waals surface area contributed by atoms with Crippen molar-refractivity contribution in [3.05, 3.63) is 23.9 Å². The molecule has 0 bridgehead atoms. The zero-order chi connectivity index (χ0) is 13.0. The van der Waals surface area contributed by atoms with E-state index in [9.17, 15) is 13.2 Å². The van der Waals surface area contributed by atoms with E-state index in [1.165, 1.54) is 12.3 Å². The fraction of sp³-hybridized carbons (Fsp3) is 0.545. The summed E-state index contributed by atoms with van der Waals surface area (Å²) in [5.41, 5.74) is -0.776. The van der Waals surface area contributed by atoms with Crippen molar-refractivity contribution in [3.8, 4) is 0 Å². The first-order chi connectivity index (χ1) is 8.57. The van der Waals surface area contributed by atoms with Crippen LogP contribution in [0.1, 0.15) is 5.56 Å². The monoisotopic (exact) mass is 262 g/mol. The molecular formula is C11H13F3N2O2. The van der Waals surface area contributed by atoms with E-state index in [4.69, 9.17) is 9.47 Å². The van der Waals surface area contributed by atoms with Crippen LogP contribution in [0.2, 0.25) is 0 Å². The second-order valence-electron chi connectivity index (χ2n) is 3.85. The first kappa shape index (κ1) is 13.1. The zero-order valence-electron chi connectivity index (χ0n) is 9.54. The summed E-state index contributed by atoms with van der Waals surface area (Å²) < 4.78 is 48.5. The van der Waals surface area contributed by atoms with Gasteiger partial charge in [-0.25, -0.2) is 4.98 Å². The number of nitrogens with one attached hydrogen (secondary N) is 1. The molecule has 0 saturated carbocycles. The summed E-state index contributed by atoms with van der Waals surface area (Å²) >= 11 is 0. The number of aromatic nitrogens is 1. The molecular weight excluding hydrogens is 249 g/mol. The summed E-state index contributed by atoms with van der Waals surface area (Å²) in [7, 11) is 0. The van der Waals surface area contributed by atoms with Gasteiger partial charge in [0.15, 0.2) is 0 Å². The number of hydrogen-bond donors (Lipinski definition) is 1. The van der Waals surface area contributed by atoms with Crippen LogP contribution in [-0.2, 0) is 15.7 Å². The van der Waals surface area contributed by atoms with Crippen molar-refractivity contribution >= 4 is 5.82 Å². The SMILES string of the molecule is FC(F)(F)c1cccnc1NCC1COCCO1. The molecule has 0 aromatic carbocycles. The molecule has 0 spiro atoms. The molecule has 1 aromatic heterocycles. The molecule has 1 atom stereocenters. The van der Waals surface area contributed by atoms with Gasteiger partial charge in [0.2, 0.25) is 0 Å². The van der Waals surface area contributed by atoms with Gasteiger partial charge in [0, 0.05) is 12.7 Å². The first-order valence-corrected chi connectivity index (χ1v) is 5.53. The zero-order valence-corrected chi connectivity index (χ0v) is 9.54. The highest BCUT2D eigenvalue weighted by Crippen LogP contribution is 2.33. The maximum Gasteiger partial charge on any atom is 0.419 e. The van der Waals surface area contributed by atoms with Crippen LogP contribution < -0.4 is 5.32 Å². The molecule has 2 heterocycles. The van der Waals surface area contributed by atoms with E-state index in [1.807, 2.05) is 0 Å². The van der Waals surface area contributed by atoms with Gasteiger partial charge in [-0.15, -0.1) is 0 Å². The smallest absolute Gasteiger partial charge is 0.376 e. The van der Waals surface area contributed by atoms with E-state index >= 15 is 0 Å². The molecule has 100 valence electrons. The molecule has 18 heavy (non-hydrogen) atoms. The normalized spacial score (nSPS) is 20.7. The minimum absolute atomic E-state index is 0.181. The van der Waals surface area contributed by atoms with Gasteiger partial charge in [-0.1, -0.05) is 0 Å². The average molecular weight is 262 g/mol. The Kier molecular flexibility index (Phi) is 4.03. The van der Waals surface area contributed by atoms with E-state index < -0.39 is 11.7 Å². The highest BCUT2D eigenvalue weighted by molar-refractivity contribution is 5.45. The van der Waals surface area contributed by atoms with Crippen LogP contribution in [0.3, 0.4) is 0 Å². The van der Waals surface area contributed by atoms with Crippen LogP contribution in [0.5, 0.6) is 0 Å². The minimum atomic E-state index is -4.42. The summed E-state index contributed by atoms with van der Waals surface area (Å²) in [6.45, 7) is 1.59. The van der Waals surface area contributed by atoms with Gasteiger partial charge in [-0.05, 0) is 12.1 Å². The number of pyridine rings is 1. The van der Waals surface area contributed by atoms with E-state index in [-0.39, 0.29) is 18.5 Å². The summed E-state index contributed by atoms with van der Waals surface area (Å²) in [6, 6.07) is 2.25. The number of alkyl halides is 3. The second kappa shape index (κ2) is 5.53. The Hall–Kier alpha value is -1.34. The summed E-state index contributed by atoms with van der Waals surface area (Å²) in [5.74, 6) is -0.181. The molecule has 0 aliphatic carbocycles. The number of ether oxygens (including phenoxy) is 2.